The number of cyclic esters (lactones) is 2. The highest BCUT2D eigenvalue weighted by Crippen LogP contribution is 2.38. The fraction of sp³-hybridized carbons (Fsp3) is 0.778. The molecule has 2 aliphatic rings. The molecule has 1 saturated heterocycles. The molecule has 12 nitrogen and oxygen atoms in total. The van der Waals surface area contributed by atoms with Gasteiger partial charge in [0.25, 0.3) is 0 Å². The lowest BCUT2D eigenvalue weighted by Crippen LogP contribution is -2.64. The minimum atomic E-state index is -1.37. The van der Waals surface area contributed by atoms with E-state index in [4.69, 9.17) is 9.47 Å². The second-order valence-electron chi connectivity index (χ2n) is 11.9. The predicted octanol–water partition coefficient (Wildman–Crippen LogP) is 0.466. The smallest absolute Gasteiger partial charge is 0.342 e. The molecular formula is C27H44N2O10. The lowest BCUT2D eigenvalue weighted by Gasteiger charge is -2.42. The maximum absolute atomic E-state index is 12.3. The van der Waals surface area contributed by atoms with Gasteiger partial charge in [-0.15, -0.1) is 0 Å². The Bertz CT molecular complexity index is 945. The summed E-state index contributed by atoms with van der Waals surface area (Å²) in [6, 6.07) is -0.983. The van der Waals surface area contributed by atoms with Gasteiger partial charge in [0.15, 0.2) is 6.29 Å². The first-order valence-corrected chi connectivity index (χ1v) is 13.3. The van der Waals surface area contributed by atoms with Gasteiger partial charge < -0.3 is 40.2 Å². The van der Waals surface area contributed by atoms with Crippen molar-refractivity contribution >= 4 is 23.8 Å². The van der Waals surface area contributed by atoms with E-state index in [1.165, 1.54) is 13.8 Å². The summed E-state index contributed by atoms with van der Waals surface area (Å²) in [6.45, 7) is 11.4. The lowest BCUT2D eigenvalue weighted by molar-refractivity contribution is -0.271. The van der Waals surface area contributed by atoms with Crippen molar-refractivity contribution in [1.82, 2.24) is 10.6 Å². The number of esters is 2. The van der Waals surface area contributed by atoms with Crippen molar-refractivity contribution in [3.05, 3.63) is 11.1 Å². The van der Waals surface area contributed by atoms with E-state index in [1.807, 2.05) is 0 Å². The van der Waals surface area contributed by atoms with Crippen molar-refractivity contribution in [3.8, 4) is 0 Å². The Morgan fingerprint density at radius 3 is 2.23 bits per heavy atom. The normalized spacial score (nSPS) is 26.0. The number of aliphatic hydroxyl groups is 3. The van der Waals surface area contributed by atoms with Gasteiger partial charge in [-0.2, -0.15) is 0 Å². The molecule has 5 N–H and O–H groups in total. The number of aliphatic hydroxyl groups excluding tert-OH is 3. The first-order chi connectivity index (χ1) is 18.1. The standard InChI is InChI=1S/C27H44N2O10/c1-15-17(24(36)39-23(15)35)7-8-19(32)28-11-9-26(3,4)14-27(5,6)10-12-37-25-20(29-16(2)31)22(34)21(33)18(13-30)38-25/h18,20-22,25,30,33-34H,7-14H2,1-6H3,(H,28,32)(H,29,31)/t18-,20-,21+,22-,25-/m0/s1. The van der Waals surface area contributed by atoms with Crippen LogP contribution in [0.5, 0.6) is 0 Å². The lowest BCUT2D eigenvalue weighted by atomic mass is 9.72. The van der Waals surface area contributed by atoms with Gasteiger partial charge in [-0.25, -0.2) is 9.59 Å². The molecule has 39 heavy (non-hydrogen) atoms. The number of ether oxygens (including phenoxy) is 3. The number of hydrogen-bond acceptors (Lipinski definition) is 10. The van der Waals surface area contributed by atoms with E-state index < -0.39 is 55.1 Å². The minimum absolute atomic E-state index is 0.0872. The molecule has 2 aliphatic heterocycles. The summed E-state index contributed by atoms with van der Waals surface area (Å²) in [5, 5.41) is 35.4. The molecule has 0 aliphatic carbocycles. The van der Waals surface area contributed by atoms with E-state index in [2.05, 4.69) is 43.1 Å². The average Bonchev–Trinajstić information content (AvgIpc) is 3.06. The number of nitrogens with one attached hydrogen (secondary N) is 2. The van der Waals surface area contributed by atoms with Crippen LogP contribution in [0.4, 0.5) is 0 Å². The molecule has 5 atom stereocenters. The Balaban J connectivity index is 1.80. The fourth-order valence-corrected chi connectivity index (χ4v) is 5.19. The minimum Gasteiger partial charge on any atom is -0.394 e. The van der Waals surface area contributed by atoms with Crippen molar-refractivity contribution in [2.24, 2.45) is 10.8 Å². The first-order valence-electron chi connectivity index (χ1n) is 13.3. The molecule has 0 bridgehead atoms. The van der Waals surface area contributed by atoms with E-state index in [0.29, 0.717) is 19.4 Å². The van der Waals surface area contributed by atoms with Crippen LogP contribution < -0.4 is 10.6 Å². The summed E-state index contributed by atoms with van der Waals surface area (Å²) in [5.74, 6) is -1.96. The van der Waals surface area contributed by atoms with E-state index in [-0.39, 0.29) is 47.3 Å². The summed E-state index contributed by atoms with van der Waals surface area (Å²) in [7, 11) is 0. The molecule has 0 aromatic heterocycles. The zero-order valence-corrected chi connectivity index (χ0v) is 23.7. The van der Waals surface area contributed by atoms with Crippen LogP contribution in [0, 0.1) is 10.8 Å². The maximum Gasteiger partial charge on any atom is 0.342 e. The molecule has 12 heteroatoms. The van der Waals surface area contributed by atoms with Crippen molar-refractivity contribution in [2.75, 3.05) is 19.8 Å². The summed E-state index contributed by atoms with van der Waals surface area (Å²) in [6.07, 6.45) is -2.41. The zero-order valence-electron chi connectivity index (χ0n) is 23.7. The Morgan fingerprint density at radius 1 is 1.03 bits per heavy atom. The Hall–Kier alpha value is -2.38. The molecule has 0 saturated carbocycles. The second kappa shape index (κ2) is 13.8. The van der Waals surface area contributed by atoms with Crippen LogP contribution in [0.15, 0.2) is 11.1 Å². The van der Waals surface area contributed by atoms with Gasteiger partial charge in [0.1, 0.15) is 24.4 Å². The number of carbonyl (C=O) groups is 4. The van der Waals surface area contributed by atoms with Gasteiger partial charge in [-0.05, 0) is 43.4 Å². The van der Waals surface area contributed by atoms with E-state index in [9.17, 15) is 34.5 Å². The van der Waals surface area contributed by atoms with Crippen LogP contribution in [0.3, 0.4) is 0 Å². The summed E-state index contributed by atoms with van der Waals surface area (Å²) >= 11 is 0. The third-order valence-electron chi connectivity index (χ3n) is 7.19. The van der Waals surface area contributed by atoms with E-state index in [1.54, 1.807) is 0 Å². The molecule has 0 radical (unpaired) electrons. The van der Waals surface area contributed by atoms with Gasteiger partial charge >= 0.3 is 11.9 Å². The van der Waals surface area contributed by atoms with Gasteiger partial charge in [0.05, 0.1) is 13.2 Å². The third kappa shape index (κ3) is 9.64. The topological polar surface area (TPSA) is 181 Å². The average molecular weight is 557 g/mol. The van der Waals surface area contributed by atoms with Crippen molar-refractivity contribution in [2.45, 2.75) is 104 Å². The van der Waals surface area contributed by atoms with Gasteiger partial charge in [-0.3, -0.25) is 9.59 Å². The highest BCUT2D eigenvalue weighted by Gasteiger charge is 2.45. The second-order valence-corrected chi connectivity index (χ2v) is 11.9. The van der Waals surface area contributed by atoms with Crippen LogP contribution in [0.25, 0.3) is 0 Å². The van der Waals surface area contributed by atoms with E-state index >= 15 is 0 Å². The highest BCUT2D eigenvalue weighted by molar-refractivity contribution is 6.12. The Labute approximate surface area is 229 Å². The van der Waals surface area contributed by atoms with Crippen LogP contribution >= 0.6 is 0 Å². The van der Waals surface area contributed by atoms with Crippen LogP contribution in [0.1, 0.15) is 73.6 Å². The molecule has 2 heterocycles. The molecule has 0 aromatic carbocycles. The van der Waals surface area contributed by atoms with Crippen molar-refractivity contribution < 1.29 is 48.7 Å². The Kier molecular flexibility index (Phi) is 11.6. The van der Waals surface area contributed by atoms with Crippen LogP contribution in [-0.4, -0.2) is 89.5 Å². The number of carbonyl (C=O) groups excluding carboxylic acids is 4. The van der Waals surface area contributed by atoms with Crippen LogP contribution in [0.2, 0.25) is 0 Å². The molecule has 222 valence electrons. The monoisotopic (exact) mass is 556 g/mol. The predicted molar refractivity (Wildman–Crippen MR) is 139 cm³/mol. The van der Waals surface area contributed by atoms with Crippen molar-refractivity contribution in [3.63, 3.8) is 0 Å². The molecule has 0 spiro atoms. The number of amides is 2. The summed E-state index contributed by atoms with van der Waals surface area (Å²) < 4.78 is 16.0. The van der Waals surface area contributed by atoms with Gasteiger partial charge in [0.2, 0.25) is 11.8 Å². The Morgan fingerprint density at radius 2 is 1.67 bits per heavy atom. The van der Waals surface area contributed by atoms with Gasteiger partial charge in [-0.1, -0.05) is 27.7 Å². The first kappa shape index (κ1) is 32.8. The number of rotatable bonds is 14. The molecule has 0 aromatic rings. The molecule has 2 rings (SSSR count). The third-order valence-corrected chi connectivity index (χ3v) is 7.19. The SMILES string of the molecule is CC(=O)N[C@@H]1[C@@H](OCCC(C)(C)CC(C)(C)CCNC(=O)CCC2=C(C)C(=O)OC2=O)O[C@@H](CO)[C@@H](O)[C@H]1O. The zero-order chi connectivity index (χ0) is 29.5. The molecular weight excluding hydrogens is 512 g/mol. The van der Waals surface area contributed by atoms with Crippen LogP contribution in [-0.2, 0) is 33.4 Å². The van der Waals surface area contributed by atoms with Crippen molar-refractivity contribution in [1.29, 1.82) is 0 Å². The fourth-order valence-electron chi connectivity index (χ4n) is 5.19. The maximum atomic E-state index is 12.3. The molecule has 0 unspecified atom stereocenters. The molecule has 1 fully saturated rings. The summed E-state index contributed by atoms with van der Waals surface area (Å²) in [4.78, 5) is 46.9. The van der Waals surface area contributed by atoms with E-state index in [0.717, 1.165) is 6.42 Å². The van der Waals surface area contributed by atoms with Gasteiger partial charge in [0, 0.05) is 31.0 Å². The largest absolute Gasteiger partial charge is 0.394 e. The summed E-state index contributed by atoms with van der Waals surface area (Å²) in [5.41, 5.74) is 0.210. The quantitative estimate of drug-likeness (QED) is 0.149. The highest BCUT2D eigenvalue weighted by atomic mass is 16.7. The molecule has 2 amide bonds. The number of hydrogen-bond donors (Lipinski definition) is 5.